The zero-order chi connectivity index (χ0) is 8.27. The first-order chi connectivity index (χ1) is 5.25. The molecule has 0 aromatic heterocycles. The maximum atomic E-state index is 10.6. The molecule has 1 rings (SSSR count). The second-order valence-electron chi connectivity index (χ2n) is 2.81. The first-order valence-corrected chi connectivity index (χ1v) is 3.84. The molecule has 0 aliphatic carbocycles. The number of hydrogen-bond donors (Lipinski definition) is 2. The van der Waals surface area contributed by atoms with Crippen LogP contribution in [0.5, 0.6) is 0 Å². The van der Waals surface area contributed by atoms with Crippen molar-refractivity contribution in [3.05, 3.63) is 12.7 Å². The molecule has 0 aromatic carbocycles. The normalized spacial score (nSPS) is 31.3. The SMILES string of the molecule is C=C[C@H]1CCCN[C@H]1C(=O)O. The fourth-order valence-corrected chi connectivity index (χ4v) is 1.44. The minimum atomic E-state index is -0.769. The van der Waals surface area contributed by atoms with E-state index in [1.807, 2.05) is 0 Å². The lowest BCUT2D eigenvalue weighted by Gasteiger charge is -2.26. The molecule has 0 unspecified atom stereocenters. The third kappa shape index (κ3) is 1.80. The first-order valence-electron chi connectivity index (χ1n) is 3.84. The Bertz CT molecular complexity index is 167. The van der Waals surface area contributed by atoms with Gasteiger partial charge in [0.1, 0.15) is 6.04 Å². The van der Waals surface area contributed by atoms with Crippen molar-refractivity contribution in [1.82, 2.24) is 5.32 Å². The summed E-state index contributed by atoms with van der Waals surface area (Å²) in [6, 6.07) is -0.416. The Hall–Kier alpha value is -0.830. The van der Waals surface area contributed by atoms with E-state index in [9.17, 15) is 4.79 Å². The number of rotatable bonds is 2. The summed E-state index contributed by atoms with van der Waals surface area (Å²) in [5, 5.41) is 11.7. The quantitative estimate of drug-likeness (QED) is 0.575. The van der Waals surface area contributed by atoms with Gasteiger partial charge in [0.25, 0.3) is 0 Å². The van der Waals surface area contributed by atoms with E-state index in [2.05, 4.69) is 11.9 Å². The molecule has 1 aliphatic heterocycles. The molecule has 1 saturated heterocycles. The predicted octanol–water partition coefficient (Wildman–Crippen LogP) is 0.625. The van der Waals surface area contributed by atoms with E-state index >= 15 is 0 Å². The van der Waals surface area contributed by atoms with Gasteiger partial charge in [-0.3, -0.25) is 4.79 Å². The molecule has 62 valence electrons. The average molecular weight is 155 g/mol. The van der Waals surface area contributed by atoms with Gasteiger partial charge in [0.2, 0.25) is 0 Å². The maximum absolute atomic E-state index is 10.6. The molecular weight excluding hydrogens is 142 g/mol. The standard InChI is InChI=1S/C8H13NO2/c1-2-6-4-3-5-9-7(6)8(10)11/h2,6-7,9H,1,3-5H2,(H,10,11)/t6-,7+/m0/s1. The average Bonchev–Trinajstić information content (AvgIpc) is 2.04. The topological polar surface area (TPSA) is 49.3 Å². The molecule has 3 heteroatoms. The van der Waals surface area contributed by atoms with Crippen LogP contribution in [0.2, 0.25) is 0 Å². The highest BCUT2D eigenvalue weighted by Gasteiger charge is 2.27. The zero-order valence-corrected chi connectivity index (χ0v) is 6.42. The smallest absolute Gasteiger partial charge is 0.321 e. The summed E-state index contributed by atoms with van der Waals surface area (Å²) in [7, 11) is 0. The molecule has 0 spiro atoms. The Morgan fingerprint density at radius 1 is 1.73 bits per heavy atom. The van der Waals surface area contributed by atoms with E-state index in [-0.39, 0.29) is 5.92 Å². The fourth-order valence-electron chi connectivity index (χ4n) is 1.44. The summed E-state index contributed by atoms with van der Waals surface area (Å²) < 4.78 is 0. The van der Waals surface area contributed by atoms with E-state index in [0.717, 1.165) is 19.4 Å². The number of aliphatic carboxylic acids is 1. The van der Waals surface area contributed by atoms with E-state index in [1.54, 1.807) is 6.08 Å². The number of carbonyl (C=O) groups is 1. The molecule has 1 heterocycles. The summed E-state index contributed by atoms with van der Waals surface area (Å²) >= 11 is 0. The van der Waals surface area contributed by atoms with Crippen molar-refractivity contribution in [1.29, 1.82) is 0 Å². The highest BCUT2D eigenvalue weighted by molar-refractivity contribution is 5.74. The van der Waals surface area contributed by atoms with Crippen molar-refractivity contribution in [2.45, 2.75) is 18.9 Å². The van der Waals surface area contributed by atoms with Crippen LogP contribution in [0.1, 0.15) is 12.8 Å². The first kappa shape index (κ1) is 8.27. The van der Waals surface area contributed by atoms with Crippen molar-refractivity contribution < 1.29 is 9.90 Å². The molecule has 0 saturated carbocycles. The second kappa shape index (κ2) is 3.53. The van der Waals surface area contributed by atoms with Crippen molar-refractivity contribution in [2.24, 2.45) is 5.92 Å². The van der Waals surface area contributed by atoms with Crippen molar-refractivity contribution in [2.75, 3.05) is 6.54 Å². The minimum Gasteiger partial charge on any atom is -0.480 e. The van der Waals surface area contributed by atoms with Crippen LogP contribution in [0.25, 0.3) is 0 Å². The Labute approximate surface area is 66.1 Å². The van der Waals surface area contributed by atoms with E-state index in [4.69, 9.17) is 5.11 Å². The summed E-state index contributed by atoms with van der Waals surface area (Å²) in [6.07, 6.45) is 3.71. The summed E-state index contributed by atoms with van der Waals surface area (Å²) in [4.78, 5) is 10.6. The molecule has 11 heavy (non-hydrogen) atoms. The number of piperidine rings is 1. The summed E-state index contributed by atoms with van der Waals surface area (Å²) in [6.45, 7) is 4.42. The highest BCUT2D eigenvalue weighted by Crippen LogP contribution is 2.17. The second-order valence-corrected chi connectivity index (χ2v) is 2.81. The Kier molecular flexibility index (Phi) is 2.65. The lowest BCUT2D eigenvalue weighted by molar-refractivity contribution is -0.141. The van der Waals surface area contributed by atoms with Crippen LogP contribution in [0, 0.1) is 5.92 Å². The third-order valence-electron chi connectivity index (χ3n) is 2.08. The van der Waals surface area contributed by atoms with Crippen molar-refractivity contribution in [3.8, 4) is 0 Å². The van der Waals surface area contributed by atoms with E-state index in [0.29, 0.717) is 0 Å². The van der Waals surface area contributed by atoms with Gasteiger partial charge < -0.3 is 10.4 Å². The molecule has 2 N–H and O–H groups in total. The monoisotopic (exact) mass is 155 g/mol. The highest BCUT2D eigenvalue weighted by atomic mass is 16.4. The Balaban J connectivity index is 2.58. The van der Waals surface area contributed by atoms with Gasteiger partial charge in [-0.2, -0.15) is 0 Å². The number of nitrogens with one attached hydrogen (secondary N) is 1. The summed E-state index contributed by atoms with van der Waals surface area (Å²) in [5.41, 5.74) is 0. The van der Waals surface area contributed by atoms with Crippen LogP contribution < -0.4 is 5.32 Å². The van der Waals surface area contributed by atoms with Gasteiger partial charge in [0, 0.05) is 5.92 Å². The number of carboxylic acid groups (broad SMARTS) is 1. The fraction of sp³-hybridized carbons (Fsp3) is 0.625. The molecule has 2 atom stereocenters. The maximum Gasteiger partial charge on any atom is 0.321 e. The molecule has 0 bridgehead atoms. The molecule has 1 aliphatic rings. The lowest BCUT2D eigenvalue weighted by atomic mass is 9.91. The number of hydrogen-bond acceptors (Lipinski definition) is 2. The zero-order valence-electron chi connectivity index (χ0n) is 6.42. The van der Waals surface area contributed by atoms with Gasteiger partial charge in [-0.15, -0.1) is 6.58 Å². The van der Waals surface area contributed by atoms with Crippen LogP contribution in [0.3, 0.4) is 0 Å². The van der Waals surface area contributed by atoms with Crippen LogP contribution in [0.4, 0.5) is 0 Å². The van der Waals surface area contributed by atoms with E-state index in [1.165, 1.54) is 0 Å². The molecule has 0 aromatic rings. The van der Waals surface area contributed by atoms with Gasteiger partial charge in [-0.25, -0.2) is 0 Å². The Morgan fingerprint density at radius 2 is 2.45 bits per heavy atom. The molecular formula is C8H13NO2. The van der Waals surface area contributed by atoms with Gasteiger partial charge in [-0.05, 0) is 19.4 Å². The van der Waals surface area contributed by atoms with Gasteiger partial charge in [-0.1, -0.05) is 6.08 Å². The van der Waals surface area contributed by atoms with Crippen LogP contribution in [0.15, 0.2) is 12.7 Å². The van der Waals surface area contributed by atoms with Gasteiger partial charge >= 0.3 is 5.97 Å². The third-order valence-corrected chi connectivity index (χ3v) is 2.08. The predicted molar refractivity (Wildman–Crippen MR) is 42.3 cm³/mol. The van der Waals surface area contributed by atoms with Crippen LogP contribution in [-0.2, 0) is 4.79 Å². The van der Waals surface area contributed by atoms with Crippen LogP contribution in [-0.4, -0.2) is 23.7 Å². The van der Waals surface area contributed by atoms with Gasteiger partial charge in [0.05, 0.1) is 0 Å². The van der Waals surface area contributed by atoms with Crippen LogP contribution >= 0.6 is 0 Å². The van der Waals surface area contributed by atoms with Crippen molar-refractivity contribution in [3.63, 3.8) is 0 Å². The molecule has 0 radical (unpaired) electrons. The Morgan fingerprint density at radius 3 is 2.91 bits per heavy atom. The largest absolute Gasteiger partial charge is 0.480 e. The lowest BCUT2D eigenvalue weighted by Crippen LogP contribution is -2.46. The molecule has 1 fully saturated rings. The van der Waals surface area contributed by atoms with Crippen molar-refractivity contribution >= 4 is 5.97 Å². The minimum absolute atomic E-state index is 0.0984. The molecule has 0 amide bonds. The van der Waals surface area contributed by atoms with Gasteiger partial charge in [0.15, 0.2) is 0 Å². The van der Waals surface area contributed by atoms with E-state index < -0.39 is 12.0 Å². The molecule has 3 nitrogen and oxygen atoms in total. The summed E-state index contributed by atoms with van der Waals surface area (Å²) in [5.74, 6) is -0.671. The number of carboxylic acids is 1.